The molecule has 3 rings (SSSR count). The molecule has 0 saturated heterocycles. The number of carbonyl (C=O) groups excluding carboxylic acids is 1. The van der Waals surface area contributed by atoms with E-state index in [2.05, 4.69) is 5.32 Å². The number of aromatic hydroxyl groups is 1. The van der Waals surface area contributed by atoms with Gasteiger partial charge < -0.3 is 25.0 Å². The third-order valence-corrected chi connectivity index (χ3v) is 6.61. The van der Waals surface area contributed by atoms with E-state index in [1.165, 1.54) is 11.8 Å². The van der Waals surface area contributed by atoms with Gasteiger partial charge in [0.15, 0.2) is 23.3 Å². The highest BCUT2D eigenvalue weighted by molar-refractivity contribution is 7.99. The average Bonchev–Trinajstić information content (AvgIpc) is 2.89. The summed E-state index contributed by atoms with van der Waals surface area (Å²) in [5, 5.41) is 19.9. The average molecular weight is 570 g/mol. The molecule has 0 aromatic heterocycles. The molecule has 0 aliphatic rings. The first-order valence-corrected chi connectivity index (χ1v) is 13.1. The fourth-order valence-corrected chi connectivity index (χ4v) is 4.49. The van der Waals surface area contributed by atoms with Crippen molar-refractivity contribution in [2.75, 3.05) is 31.3 Å². The molecule has 0 fully saturated rings. The van der Waals surface area contributed by atoms with Gasteiger partial charge in [-0.3, -0.25) is 9.59 Å². The number of rotatable bonds is 13. The third kappa shape index (κ3) is 7.25. The molecule has 0 aliphatic heterocycles. The minimum atomic E-state index is -2.15. The van der Waals surface area contributed by atoms with E-state index < -0.39 is 63.0 Å². The third-order valence-electron chi connectivity index (χ3n) is 5.67. The summed E-state index contributed by atoms with van der Waals surface area (Å²) in [6, 6.07) is 6.61. The number of hydrogen-bond donors (Lipinski definition) is 3. The summed E-state index contributed by atoms with van der Waals surface area (Å²) in [5.74, 6) is -10.2. The highest BCUT2D eigenvalue weighted by atomic mass is 32.2. The largest absolute Gasteiger partial charge is 0.506 e. The van der Waals surface area contributed by atoms with Gasteiger partial charge in [-0.15, -0.1) is 0 Å². The molecule has 1 amide bonds. The molecule has 0 atom stereocenters. The van der Waals surface area contributed by atoms with Crippen molar-refractivity contribution in [1.29, 1.82) is 0 Å². The van der Waals surface area contributed by atoms with Crippen molar-refractivity contribution in [3.05, 3.63) is 64.2 Å². The predicted octanol–water partition coefficient (Wildman–Crippen LogP) is 5.50. The lowest BCUT2D eigenvalue weighted by Gasteiger charge is -2.16. The van der Waals surface area contributed by atoms with Gasteiger partial charge in [-0.25, -0.2) is 17.6 Å². The molecule has 0 unspecified atom stereocenters. The van der Waals surface area contributed by atoms with Gasteiger partial charge in [0.2, 0.25) is 0 Å². The Morgan fingerprint density at radius 3 is 2.23 bits per heavy atom. The first kappa shape index (κ1) is 29.9. The number of ether oxygens (including phenoxy) is 2. The van der Waals surface area contributed by atoms with Crippen LogP contribution in [-0.2, 0) is 4.79 Å². The molecule has 39 heavy (non-hydrogen) atoms. The molecule has 0 heterocycles. The number of fused-ring (bicyclic) bond motifs is 1. The molecule has 3 aromatic carbocycles. The van der Waals surface area contributed by atoms with E-state index in [1.807, 2.05) is 32.0 Å². The molecule has 12 heteroatoms. The van der Waals surface area contributed by atoms with Crippen molar-refractivity contribution in [2.45, 2.75) is 26.7 Å². The SMILES string of the molecule is Cc1ccc(OCCCNC(=O)c2cc(OCCSCCC(=O)O)c3c(F)c(F)c(F)c(F)c3c2O)c(C)c1. The monoisotopic (exact) mass is 569 g/mol. The summed E-state index contributed by atoms with van der Waals surface area (Å²) in [4.78, 5) is 23.4. The van der Waals surface area contributed by atoms with Crippen LogP contribution in [0.5, 0.6) is 17.2 Å². The summed E-state index contributed by atoms with van der Waals surface area (Å²) >= 11 is 1.20. The van der Waals surface area contributed by atoms with Gasteiger partial charge in [-0.2, -0.15) is 11.8 Å². The van der Waals surface area contributed by atoms with E-state index in [4.69, 9.17) is 14.6 Å². The molecule has 7 nitrogen and oxygen atoms in total. The van der Waals surface area contributed by atoms with Crippen LogP contribution in [0.2, 0.25) is 0 Å². The number of phenols is 1. The van der Waals surface area contributed by atoms with E-state index >= 15 is 0 Å². The van der Waals surface area contributed by atoms with E-state index in [0.717, 1.165) is 17.2 Å². The van der Waals surface area contributed by atoms with E-state index in [0.29, 0.717) is 12.2 Å². The standard InChI is InChI=1S/C27H27F4NO6S/c1-14-4-5-17(15(2)12-14)37-8-3-7-32-27(36)16-13-18(38-9-11-39-10-6-19(33)34)20-21(26(16)35)23(29)25(31)24(30)22(20)28/h4-5,12-13,35H,3,6-11H2,1-2H3,(H,32,36)(H,33,34). The number of halogens is 4. The van der Waals surface area contributed by atoms with Crippen LogP contribution in [0.1, 0.15) is 34.3 Å². The fourth-order valence-electron chi connectivity index (χ4n) is 3.76. The molecule has 0 radical (unpaired) electrons. The molecule has 0 aliphatic carbocycles. The summed E-state index contributed by atoms with van der Waals surface area (Å²) in [6.07, 6.45) is 0.268. The lowest BCUT2D eigenvalue weighted by molar-refractivity contribution is -0.136. The van der Waals surface area contributed by atoms with Crippen LogP contribution < -0.4 is 14.8 Å². The number of carboxylic acid groups (broad SMARTS) is 1. The Kier molecular flexibility index (Phi) is 10.3. The summed E-state index contributed by atoms with van der Waals surface area (Å²) < 4.78 is 68.4. The van der Waals surface area contributed by atoms with Gasteiger partial charge in [0.1, 0.15) is 17.2 Å². The highest BCUT2D eigenvalue weighted by Gasteiger charge is 2.29. The quantitative estimate of drug-likeness (QED) is 0.108. The smallest absolute Gasteiger partial charge is 0.304 e. The highest BCUT2D eigenvalue weighted by Crippen LogP contribution is 2.41. The predicted molar refractivity (Wildman–Crippen MR) is 139 cm³/mol. The zero-order valence-corrected chi connectivity index (χ0v) is 22.0. The summed E-state index contributed by atoms with van der Waals surface area (Å²) in [6.45, 7) is 4.05. The molecule has 0 spiro atoms. The second kappa shape index (κ2) is 13.4. The van der Waals surface area contributed by atoms with E-state index in [-0.39, 0.29) is 37.7 Å². The van der Waals surface area contributed by atoms with Crippen molar-refractivity contribution < 1.29 is 46.8 Å². The normalized spacial score (nSPS) is 11.0. The van der Waals surface area contributed by atoms with Gasteiger partial charge in [0, 0.05) is 18.1 Å². The van der Waals surface area contributed by atoms with Crippen LogP contribution >= 0.6 is 11.8 Å². The second-order valence-corrected chi connectivity index (χ2v) is 9.83. The van der Waals surface area contributed by atoms with E-state index in [1.54, 1.807) is 0 Å². The number of aryl methyl sites for hydroxylation is 2. The minimum absolute atomic E-state index is 0.0895. The number of benzene rings is 3. The Morgan fingerprint density at radius 2 is 1.56 bits per heavy atom. The van der Waals surface area contributed by atoms with Gasteiger partial charge in [0.05, 0.1) is 36.0 Å². The van der Waals surface area contributed by atoms with Crippen molar-refractivity contribution in [2.24, 2.45) is 0 Å². The van der Waals surface area contributed by atoms with Gasteiger partial charge in [-0.05, 0) is 38.0 Å². The Labute approximate surface area is 226 Å². The molecule has 3 aromatic rings. The van der Waals surface area contributed by atoms with Crippen molar-refractivity contribution >= 4 is 34.4 Å². The zero-order chi connectivity index (χ0) is 28.7. The zero-order valence-electron chi connectivity index (χ0n) is 21.2. The number of nitrogens with one attached hydrogen (secondary N) is 1. The number of aliphatic carboxylic acids is 1. The summed E-state index contributed by atoms with van der Waals surface area (Å²) in [5.41, 5.74) is 1.50. The Balaban J connectivity index is 1.76. The Bertz CT molecular complexity index is 1380. The topological polar surface area (TPSA) is 105 Å². The van der Waals surface area contributed by atoms with Crippen LogP contribution in [0.3, 0.4) is 0 Å². The number of amides is 1. The number of thioether (sulfide) groups is 1. The van der Waals surface area contributed by atoms with Crippen molar-refractivity contribution in [3.63, 3.8) is 0 Å². The van der Waals surface area contributed by atoms with Gasteiger partial charge in [0.25, 0.3) is 5.91 Å². The Hall–Kier alpha value is -3.67. The van der Waals surface area contributed by atoms with Crippen molar-refractivity contribution in [3.8, 4) is 17.2 Å². The Morgan fingerprint density at radius 1 is 0.897 bits per heavy atom. The van der Waals surface area contributed by atoms with Crippen LogP contribution in [0.15, 0.2) is 24.3 Å². The van der Waals surface area contributed by atoms with Gasteiger partial charge in [-0.1, -0.05) is 17.7 Å². The molecule has 0 saturated carbocycles. The van der Waals surface area contributed by atoms with Gasteiger partial charge >= 0.3 is 5.97 Å². The number of carbonyl (C=O) groups is 2. The first-order chi connectivity index (χ1) is 18.5. The molecule has 210 valence electrons. The molecule has 0 bridgehead atoms. The minimum Gasteiger partial charge on any atom is -0.506 e. The number of hydrogen-bond acceptors (Lipinski definition) is 6. The first-order valence-electron chi connectivity index (χ1n) is 11.9. The maximum Gasteiger partial charge on any atom is 0.304 e. The molecular formula is C27H27F4NO6S. The van der Waals surface area contributed by atoms with Crippen LogP contribution in [0.25, 0.3) is 10.8 Å². The van der Waals surface area contributed by atoms with Crippen LogP contribution in [0.4, 0.5) is 17.6 Å². The second-order valence-electron chi connectivity index (χ2n) is 8.61. The van der Waals surface area contributed by atoms with Crippen LogP contribution in [-0.4, -0.2) is 53.4 Å². The lowest BCUT2D eigenvalue weighted by Crippen LogP contribution is -2.26. The van der Waals surface area contributed by atoms with E-state index in [9.17, 15) is 32.3 Å². The number of carboxylic acids is 1. The summed E-state index contributed by atoms with van der Waals surface area (Å²) in [7, 11) is 0. The van der Waals surface area contributed by atoms with Crippen molar-refractivity contribution in [1.82, 2.24) is 5.32 Å². The maximum atomic E-state index is 14.7. The number of phenolic OH excluding ortho intramolecular Hbond substituents is 1. The van der Waals surface area contributed by atoms with Crippen LogP contribution in [0, 0.1) is 37.1 Å². The maximum absolute atomic E-state index is 14.7. The fraction of sp³-hybridized carbons (Fsp3) is 0.333. The molecular weight excluding hydrogens is 542 g/mol. The lowest BCUT2D eigenvalue weighted by atomic mass is 10.0. The molecule has 3 N–H and O–H groups in total.